The third kappa shape index (κ3) is 4.39. The lowest BCUT2D eigenvalue weighted by Crippen LogP contribution is -2.55. The average molecular weight is 288 g/mol. The van der Waals surface area contributed by atoms with E-state index in [0.717, 1.165) is 6.54 Å². The minimum absolute atomic E-state index is 0.143. The Morgan fingerprint density at radius 3 is 1.95 bits per heavy atom. The van der Waals surface area contributed by atoms with Gasteiger partial charge in [-0.3, -0.25) is 0 Å². The van der Waals surface area contributed by atoms with Crippen LogP contribution in [0.5, 0.6) is 0 Å². The summed E-state index contributed by atoms with van der Waals surface area (Å²) in [5.41, 5.74) is 0.300. The summed E-state index contributed by atoms with van der Waals surface area (Å²) < 4.78 is 11.5. The lowest BCUT2D eigenvalue weighted by molar-refractivity contribution is 0.0807. The Kier molecular flexibility index (Phi) is 5.46. The van der Waals surface area contributed by atoms with Gasteiger partial charge in [-0.1, -0.05) is 0 Å². The van der Waals surface area contributed by atoms with E-state index in [-0.39, 0.29) is 17.2 Å². The maximum Gasteiger partial charge on any atom is 0.189 e. The summed E-state index contributed by atoms with van der Waals surface area (Å²) in [6.07, 6.45) is 1.49. The van der Waals surface area contributed by atoms with Crippen molar-refractivity contribution < 1.29 is 4.52 Å². The van der Waals surface area contributed by atoms with Crippen molar-refractivity contribution in [2.75, 3.05) is 6.54 Å². The van der Waals surface area contributed by atoms with E-state index in [0.29, 0.717) is 6.04 Å². The first-order valence-corrected chi connectivity index (χ1v) is 8.65. The summed E-state index contributed by atoms with van der Waals surface area (Å²) in [6, 6.07) is 0.587. The van der Waals surface area contributed by atoms with Gasteiger partial charge < -0.3 is 4.52 Å². The van der Waals surface area contributed by atoms with Crippen molar-refractivity contribution in [1.82, 2.24) is 9.34 Å². The second-order valence-electron chi connectivity index (χ2n) is 7.85. The second kappa shape index (κ2) is 5.97. The lowest BCUT2D eigenvalue weighted by atomic mass is 10.0. The second-order valence-corrected chi connectivity index (χ2v) is 9.48. The van der Waals surface area contributed by atoms with Crippen molar-refractivity contribution in [3.8, 4) is 0 Å². The minimum Gasteiger partial charge on any atom is -0.329 e. The smallest absolute Gasteiger partial charge is 0.189 e. The summed E-state index contributed by atoms with van der Waals surface area (Å²) >= 11 is 0. The number of hydrogen-bond donors (Lipinski definition) is 0. The number of hydrogen-bond acceptors (Lipinski definition) is 3. The Balaban J connectivity index is 3.09. The molecule has 0 aromatic rings. The van der Waals surface area contributed by atoms with E-state index in [9.17, 15) is 0 Å². The van der Waals surface area contributed by atoms with E-state index >= 15 is 0 Å². The van der Waals surface area contributed by atoms with Gasteiger partial charge in [-0.2, -0.15) is 0 Å². The predicted octanol–water partition coefficient (Wildman–Crippen LogP) is 4.63. The van der Waals surface area contributed by atoms with E-state index in [1.165, 1.54) is 6.42 Å². The van der Waals surface area contributed by atoms with Gasteiger partial charge in [0.25, 0.3) is 0 Å². The Bertz CT molecular complexity index is 294. The molecule has 1 aliphatic heterocycles. The zero-order valence-corrected chi connectivity index (χ0v) is 15.2. The van der Waals surface area contributed by atoms with Crippen molar-refractivity contribution in [1.29, 1.82) is 0 Å². The van der Waals surface area contributed by atoms with E-state index < -0.39 is 8.45 Å². The first kappa shape index (κ1) is 17.4. The van der Waals surface area contributed by atoms with Gasteiger partial charge >= 0.3 is 0 Å². The van der Waals surface area contributed by atoms with E-state index in [2.05, 4.69) is 71.7 Å². The predicted molar refractivity (Wildman–Crippen MR) is 85.3 cm³/mol. The fourth-order valence-electron chi connectivity index (χ4n) is 2.61. The highest BCUT2D eigenvalue weighted by Crippen LogP contribution is 2.57. The molecule has 0 bridgehead atoms. The first-order chi connectivity index (χ1) is 8.44. The zero-order chi connectivity index (χ0) is 15.0. The minimum atomic E-state index is -0.687. The average Bonchev–Trinajstić information content (AvgIpc) is 2.11. The molecule has 3 nitrogen and oxygen atoms in total. The Labute approximate surface area is 121 Å². The van der Waals surface area contributed by atoms with Crippen molar-refractivity contribution >= 4 is 8.45 Å². The van der Waals surface area contributed by atoms with Crippen LogP contribution >= 0.6 is 8.45 Å². The molecule has 0 spiro atoms. The van der Waals surface area contributed by atoms with Gasteiger partial charge in [0.15, 0.2) is 8.45 Å². The molecule has 0 aromatic carbocycles. The van der Waals surface area contributed by atoms with Gasteiger partial charge in [-0.05, 0) is 68.7 Å². The molecule has 1 heterocycles. The van der Waals surface area contributed by atoms with Crippen molar-refractivity contribution in [3.63, 3.8) is 0 Å². The van der Waals surface area contributed by atoms with E-state index in [1.54, 1.807) is 0 Å². The molecule has 114 valence electrons. The van der Waals surface area contributed by atoms with Gasteiger partial charge in [-0.25, -0.2) is 9.34 Å². The Morgan fingerprint density at radius 1 is 1.05 bits per heavy atom. The fourth-order valence-corrected chi connectivity index (χ4v) is 5.20. The van der Waals surface area contributed by atoms with Gasteiger partial charge in [0.05, 0.1) is 6.10 Å². The van der Waals surface area contributed by atoms with Crippen LogP contribution in [0.1, 0.15) is 68.7 Å². The van der Waals surface area contributed by atoms with E-state index in [1.807, 2.05) is 0 Å². The largest absolute Gasteiger partial charge is 0.329 e. The zero-order valence-electron chi connectivity index (χ0n) is 14.3. The molecule has 0 aromatic heterocycles. The molecular formula is C15H33N2OP. The Hall–Kier alpha value is 0.310. The Morgan fingerprint density at radius 2 is 1.58 bits per heavy atom. The summed E-state index contributed by atoms with van der Waals surface area (Å²) in [5, 5.41) is 0. The normalized spacial score (nSPS) is 28.1. The SMILES string of the molecule is CC(C)O[P@@]1N(C(C)(C)C)CC[C@H](C)N1C(C)(C)C. The van der Waals surface area contributed by atoms with Crippen LogP contribution < -0.4 is 0 Å². The van der Waals surface area contributed by atoms with Crippen molar-refractivity contribution in [2.45, 2.75) is 92.0 Å². The molecule has 0 unspecified atom stereocenters. The van der Waals surface area contributed by atoms with Gasteiger partial charge in [-0.15, -0.1) is 0 Å². The quantitative estimate of drug-likeness (QED) is 0.689. The summed E-state index contributed by atoms with van der Waals surface area (Å²) in [4.78, 5) is 0. The molecular weight excluding hydrogens is 255 g/mol. The molecule has 2 atom stereocenters. The first-order valence-electron chi connectivity index (χ1n) is 7.48. The molecule has 1 rings (SSSR count). The van der Waals surface area contributed by atoms with Crippen LogP contribution in [-0.2, 0) is 4.52 Å². The molecule has 0 saturated carbocycles. The molecule has 1 saturated heterocycles. The van der Waals surface area contributed by atoms with Crippen LogP contribution in [0.15, 0.2) is 0 Å². The molecule has 1 aliphatic rings. The summed E-state index contributed by atoms with van der Waals surface area (Å²) in [5.74, 6) is 0. The third-order valence-electron chi connectivity index (χ3n) is 3.33. The highest BCUT2D eigenvalue weighted by atomic mass is 31.2. The van der Waals surface area contributed by atoms with Crippen molar-refractivity contribution in [3.05, 3.63) is 0 Å². The van der Waals surface area contributed by atoms with Crippen LogP contribution in [0.2, 0.25) is 0 Å². The van der Waals surface area contributed by atoms with Crippen LogP contribution in [0, 0.1) is 0 Å². The highest BCUT2D eigenvalue weighted by Gasteiger charge is 2.45. The molecule has 1 fully saturated rings. The number of rotatable bonds is 2. The maximum absolute atomic E-state index is 6.36. The molecule has 0 radical (unpaired) electrons. The topological polar surface area (TPSA) is 15.7 Å². The molecule has 0 N–H and O–H groups in total. The van der Waals surface area contributed by atoms with Crippen LogP contribution in [0.3, 0.4) is 0 Å². The highest BCUT2D eigenvalue weighted by molar-refractivity contribution is 7.47. The van der Waals surface area contributed by atoms with E-state index in [4.69, 9.17) is 4.52 Å². The summed E-state index contributed by atoms with van der Waals surface area (Å²) in [6.45, 7) is 21.5. The van der Waals surface area contributed by atoms with Crippen LogP contribution in [0.25, 0.3) is 0 Å². The van der Waals surface area contributed by atoms with Crippen LogP contribution in [-0.4, -0.2) is 39.1 Å². The molecule has 0 aliphatic carbocycles. The van der Waals surface area contributed by atoms with Crippen LogP contribution in [0.4, 0.5) is 0 Å². The van der Waals surface area contributed by atoms with Gasteiger partial charge in [0, 0.05) is 23.7 Å². The molecule has 0 amide bonds. The number of nitrogens with zero attached hydrogens (tertiary/aromatic N) is 2. The third-order valence-corrected chi connectivity index (χ3v) is 6.52. The monoisotopic (exact) mass is 288 g/mol. The van der Waals surface area contributed by atoms with Gasteiger partial charge in [0.2, 0.25) is 0 Å². The summed E-state index contributed by atoms with van der Waals surface area (Å²) in [7, 11) is -0.687. The molecule has 19 heavy (non-hydrogen) atoms. The van der Waals surface area contributed by atoms with Gasteiger partial charge in [0.1, 0.15) is 0 Å². The maximum atomic E-state index is 6.36. The molecule has 4 heteroatoms. The lowest BCUT2D eigenvalue weighted by Gasteiger charge is -2.55. The fraction of sp³-hybridized carbons (Fsp3) is 1.00. The standard InChI is InChI=1S/C15H33N2OP/c1-12(2)18-19-16(14(4,5)6)11-10-13(3)17(19)15(7,8)9/h12-13H,10-11H2,1-9H3/t13-,19-/m0/s1. The van der Waals surface area contributed by atoms with Crippen molar-refractivity contribution in [2.24, 2.45) is 0 Å².